The van der Waals surface area contributed by atoms with Crippen molar-refractivity contribution in [3.8, 4) is 16.6 Å². The summed E-state index contributed by atoms with van der Waals surface area (Å²) in [5.74, 6) is -0.0312. The Bertz CT molecular complexity index is 1230. The first kappa shape index (κ1) is 20.8. The van der Waals surface area contributed by atoms with Gasteiger partial charge in [-0.15, -0.1) is 11.3 Å². The summed E-state index contributed by atoms with van der Waals surface area (Å²) in [7, 11) is 0. The second kappa shape index (κ2) is 9.11. The maximum absolute atomic E-state index is 12.5. The van der Waals surface area contributed by atoms with Gasteiger partial charge in [0, 0.05) is 23.4 Å². The second-order valence-corrected chi connectivity index (χ2v) is 8.42. The second-order valence-electron chi connectivity index (χ2n) is 7.39. The number of anilines is 1. The van der Waals surface area contributed by atoms with E-state index in [1.54, 1.807) is 11.3 Å². The van der Waals surface area contributed by atoms with Gasteiger partial charge in [-0.2, -0.15) is 10.4 Å². The van der Waals surface area contributed by atoms with Crippen LogP contribution in [0.1, 0.15) is 29.8 Å². The zero-order valence-electron chi connectivity index (χ0n) is 17.6. The fourth-order valence-corrected chi connectivity index (χ4v) is 4.59. The van der Waals surface area contributed by atoms with Crippen LogP contribution in [0.4, 0.5) is 5.69 Å². The highest BCUT2D eigenvalue weighted by molar-refractivity contribution is 7.21. The lowest BCUT2D eigenvalue weighted by atomic mass is 10.1. The number of hydrogen-bond acceptors (Lipinski definition) is 5. The number of rotatable bonds is 7. The summed E-state index contributed by atoms with van der Waals surface area (Å²) in [5, 5.41) is 17.2. The molecule has 156 valence electrons. The number of aryl methyl sites for hydroxylation is 2. The number of hydrogen-bond donors (Lipinski definition) is 1. The molecule has 0 spiro atoms. The Morgan fingerprint density at radius 2 is 1.94 bits per heavy atom. The Hall–Kier alpha value is -3.50. The number of carbonyl (C=O) groups excluding carboxylic acids is 1. The molecule has 4 aromatic rings. The average Bonchev–Trinajstić information content (AvgIpc) is 3.32. The largest absolute Gasteiger partial charge is 0.326 e. The van der Waals surface area contributed by atoms with Crippen molar-refractivity contribution < 1.29 is 4.79 Å². The normalized spacial score (nSPS) is 10.9. The van der Waals surface area contributed by atoms with E-state index in [2.05, 4.69) is 27.5 Å². The number of carbonyl (C=O) groups is 1. The van der Waals surface area contributed by atoms with Gasteiger partial charge in [-0.3, -0.25) is 9.48 Å². The molecule has 31 heavy (non-hydrogen) atoms. The van der Waals surface area contributed by atoms with Crippen LogP contribution in [0.15, 0.2) is 48.5 Å². The zero-order valence-corrected chi connectivity index (χ0v) is 18.4. The predicted molar refractivity (Wildman–Crippen MR) is 124 cm³/mol. The minimum atomic E-state index is -0.0312. The number of nitrogens with zero attached hydrogens (tertiary/aromatic N) is 4. The number of thiazole rings is 1. The van der Waals surface area contributed by atoms with Gasteiger partial charge < -0.3 is 5.32 Å². The highest BCUT2D eigenvalue weighted by Gasteiger charge is 2.13. The third-order valence-corrected chi connectivity index (χ3v) is 6.36. The minimum absolute atomic E-state index is 0.0312. The number of amides is 1. The van der Waals surface area contributed by atoms with E-state index in [0.717, 1.165) is 43.4 Å². The monoisotopic (exact) mass is 429 g/mol. The van der Waals surface area contributed by atoms with Crippen molar-refractivity contribution in [2.24, 2.45) is 0 Å². The molecule has 2 aromatic heterocycles. The van der Waals surface area contributed by atoms with Gasteiger partial charge >= 0.3 is 0 Å². The summed E-state index contributed by atoms with van der Waals surface area (Å²) in [6, 6.07) is 18.0. The molecule has 0 atom stereocenters. The van der Waals surface area contributed by atoms with Gasteiger partial charge in [-0.05, 0) is 62.2 Å². The van der Waals surface area contributed by atoms with Crippen molar-refractivity contribution in [1.29, 1.82) is 5.26 Å². The van der Waals surface area contributed by atoms with Gasteiger partial charge in [0.05, 0.1) is 34.9 Å². The van der Waals surface area contributed by atoms with Crippen LogP contribution in [-0.4, -0.2) is 20.7 Å². The molecule has 2 aromatic carbocycles. The van der Waals surface area contributed by atoms with Crippen LogP contribution in [0.25, 0.3) is 20.8 Å². The van der Waals surface area contributed by atoms with E-state index in [-0.39, 0.29) is 5.91 Å². The maximum atomic E-state index is 12.5. The Morgan fingerprint density at radius 1 is 1.16 bits per heavy atom. The highest BCUT2D eigenvalue weighted by atomic mass is 32.1. The Kier molecular flexibility index (Phi) is 6.10. The van der Waals surface area contributed by atoms with Crippen LogP contribution in [0.3, 0.4) is 0 Å². The molecule has 7 heteroatoms. The molecule has 4 rings (SSSR count). The van der Waals surface area contributed by atoms with Gasteiger partial charge in [-0.25, -0.2) is 4.98 Å². The first-order valence-corrected chi connectivity index (χ1v) is 11.0. The van der Waals surface area contributed by atoms with Crippen LogP contribution in [-0.2, 0) is 17.8 Å². The molecular weight excluding hydrogens is 406 g/mol. The standard InChI is InChI=1S/C24H23N5OS/c1-16-20(17(2)29(28-16)15-5-14-25)12-13-23(30)26-19-10-8-18(9-11-19)24-27-21-6-3-4-7-22(21)31-24/h3-4,6-11H,5,12-13,15H2,1-2H3,(H,26,30). The SMILES string of the molecule is Cc1nn(CCC#N)c(C)c1CCC(=O)Nc1ccc(-c2nc3ccccc3s2)cc1. The number of fused-ring (bicyclic) bond motifs is 1. The van der Waals surface area contributed by atoms with Gasteiger partial charge in [-0.1, -0.05) is 12.1 Å². The lowest BCUT2D eigenvalue weighted by Crippen LogP contribution is -2.12. The van der Waals surface area contributed by atoms with Crippen molar-refractivity contribution in [1.82, 2.24) is 14.8 Å². The van der Waals surface area contributed by atoms with Gasteiger partial charge in [0.25, 0.3) is 0 Å². The summed E-state index contributed by atoms with van der Waals surface area (Å²) in [6.07, 6.45) is 1.43. The summed E-state index contributed by atoms with van der Waals surface area (Å²) in [6.45, 7) is 4.52. The molecule has 0 bridgehead atoms. The fraction of sp³-hybridized carbons (Fsp3) is 0.250. The molecule has 0 fully saturated rings. The average molecular weight is 430 g/mol. The van der Waals surface area contributed by atoms with Gasteiger partial charge in [0.2, 0.25) is 5.91 Å². The quantitative estimate of drug-likeness (QED) is 0.434. The van der Waals surface area contributed by atoms with Gasteiger partial charge in [0.15, 0.2) is 0 Å². The lowest BCUT2D eigenvalue weighted by Gasteiger charge is -2.07. The molecule has 2 heterocycles. The summed E-state index contributed by atoms with van der Waals surface area (Å²) >= 11 is 1.66. The van der Waals surface area contributed by atoms with E-state index in [1.807, 2.05) is 61.0 Å². The molecule has 0 radical (unpaired) electrons. The molecule has 1 amide bonds. The zero-order chi connectivity index (χ0) is 21.8. The molecule has 0 aliphatic carbocycles. The Morgan fingerprint density at radius 3 is 2.68 bits per heavy atom. The molecule has 0 aliphatic rings. The van der Waals surface area contributed by atoms with E-state index >= 15 is 0 Å². The number of para-hydroxylation sites is 1. The minimum Gasteiger partial charge on any atom is -0.326 e. The van der Waals surface area contributed by atoms with Crippen molar-refractivity contribution in [3.63, 3.8) is 0 Å². The number of aromatic nitrogens is 3. The summed E-state index contributed by atoms with van der Waals surface area (Å²) < 4.78 is 3.02. The third-order valence-electron chi connectivity index (χ3n) is 5.28. The van der Waals surface area contributed by atoms with E-state index < -0.39 is 0 Å². The maximum Gasteiger partial charge on any atom is 0.224 e. The van der Waals surface area contributed by atoms with E-state index in [1.165, 1.54) is 0 Å². The topological polar surface area (TPSA) is 83.6 Å². The van der Waals surface area contributed by atoms with Crippen LogP contribution < -0.4 is 5.32 Å². The lowest BCUT2D eigenvalue weighted by molar-refractivity contribution is -0.116. The Labute approximate surface area is 185 Å². The Balaban J connectivity index is 1.37. The van der Waals surface area contributed by atoms with E-state index in [4.69, 9.17) is 5.26 Å². The highest BCUT2D eigenvalue weighted by Crippen LogP contribution is 2.30. The third kappa shape index (κ3) is 4.65. The van der Waals surface area contributed by atoms with Crippen molar-refractivity contribution in [3.05, 3.63) is 65.5 Å². The molecule has 0 saturated carbocycles. The molecule has 0 aliphatic heterocycles. The van der Waals surface area contributed by atoms with E-state index in [0.29, 0.717) is 25.8 Å². The van der Waals surface area contributed by atoms with Crippen LogP contribution in [0.2, 0.25) is 0 Å². The first-order chi connectivity index (χ1) is 15.0. The number of nitriles is 1. The fourth-order valence-electron chi connectivity index (χ4n) is 3.62. The first-order valence-electron chi connectivity index (χ1n) is 10.2. The molecule has 0 unspecified atom stereocenters. The molecule has 6 nitrogen and oxygen atoms in total. The molecular formula is C24H23N5OS. The van der Waals surface area contributed by atoms with Crippen molar-refractivity contribution in [2.75, 3.05) is 5.32 Å². The summed E-state index contributed by atoms with van der Waals surface area (Å²) in [4.78, 5) is 17.1. The summed E-state index contributed by atoms with van der Waals surface area (Å²) in [5.41, 5.74) is 5.84. The van der Waals surface area contributed by atoms with Crippen molar-refractivity contribution in [2.45, 2.75) is 39.7 Å². The number of nitrogens with one attached hydrogen (secondary N) is 1. The van der Waals surface area contributed by atoms with Crippen LogP contribution >= 0.6 is 11.3 Å². The number of benzene rings is 2. The molecule has 1 N–H and O–H groups in total. The smallest absolute Gasteiger partial charge is 0.224 e. The van der Waals surface area contributed by atoms with Crippen LogP contribution in [0, 0.1) is 25.2 Å². The van der Waals surface area contributed by atoms with Crippen LogP contribution in [0.5, 0.6) is 0 Å². The predicted octanol–water partition coefficient (Wildman–Crippen LogP) is 5.26. The molecule has 0 saturated heterocycles. The van der Waals surface area contributed by atoms with Crippen molar-refractivity contribution >= 4 is 33.1 Å². The van der Waals surface area contributed by atoms with E-state index in [9.17, 15) is 4.79 Å². The van der Waals surface area contributed by atoms with Gasteiger partial charge in [0.1, 0.15) is 5.01 Å².